The van der Waals surface area contributed by atoms with Gasteiger partial charge in [-0.25, -0.2) is 15.0 Å². The Labute approximate surface area is 169 Å². The van der Waals surface area contributed by atoms with Crippen molar-refractivity contribution in [3.05, 3.63) is 35.0 Å². The number of amides is 1. The number of fused-ring (bicyclic) bond motifs is 1. The summed E-state index contributed by atoms with van der Waals surface area (Å²) in [4.78, 5) is 33.4. The molecule has 0 radical (unpaired) electrons. The predicted molar refractivity (Wildman–Crippen MR) is 108 cm³/mol. The molecule has 0 aliphatic carbocycles. The van der Waals surface area contributed by atoms with Crippen LogP contribution in [0.2, 0.25) is 0 Å². The lowest BCUT2D eigenvalue weighted by Crippen LogP contribution is -2.52. The van der Waals surface area contributed by atoms with Gasteiger partial charge in [-0.3, -0.25) is 9.69 Å². The van der Waals surface area contributed by atoms with Crippen LogP contribution < -0.4 is 4.90 Å². The molecule has 0 bridgehead atoms. The highest BCUT2D eigenvalue weighted by Gasteiger charge is 2.65. The van der Waals surface area contributed by atoms with E-state index in [1.807, 2.05) is 29.6 Å². The molecule has 2 spiro atoms. The molecule has 0 unspecified atom stereocenters. The highest BCUT2D eigenvalue weighted by atomic mass is 32.1. The molecule has 28 heavy (non-hydrogen) atoms. The van der Waals surface area contributed by atoms with E-state index in [-0.39, 0.29) is 10.8 Å². The molecule has 2 aromatic heterocycles. The van der Waals surface area contributed by atoms with E-state index in [2.05, 4.69) is 24.8 Å². The first-order valence-electron chi connectivity index (χ1n) is 10.0. The largest absolute Gasteiger partial charge is 0.345 e. The third kappa shape index (κ3) is 2.73. The molecule has 148 valence electrons. The first kappa shape index (κ1) is 18.0. The van der Waals surface area contributed by atoms with Crippen LogP contribution in [0.25, 0.3) is 0 Å². The van der Waals surface area contributed by atoms with Crippen LogP contribution in [0.1, 0.15) is 24.3 Å². The summed E-state index contributed by atoms with van der Waals surface area (Å²) in [5, 5.41) is 3.21. The normalized spacial score (nSPS) is 27.4. The van der Waals surface area contributed by atoms with Crippen LogP contribution in [0, 0.1) is 10.8 Å². The molecular weight excluding hydrogens is 372 g/mol. The number of likely N-dealkylation sites (tertiary alicyclic amines) is 2. The second-order valence-electron chi connectivity index (χ2n) is 8.45. The Morgan fingerprint density at radius 3 is 2.46 bits per heavy atom. The Kier molecular flexibility index (Phi) is 4.35. The molecule has 3 fully saturated rings. The molecule has 5 heterocycles. The zero-order valence-corrected chi connectivity index (χ0v) is 17.1. The maximum atomic E-state index is 13.4. The van der Waals surface area contributed by atoms with Crippen LogP contribution in [-0.2, 0) is 11.3 Å². The van der Waals surface area contributed by atoms with Gasteiger partial charge in [0, 0.05) is 56.1 Å². The minimum atomic E-state index is -0.297. The standard InChI is InChI=1S/C20H26N6OS/c1-24-9-5-20(17(24)27)15-26(18-22-6-2-7-23-18)14-19(20)3-10-25(11-4-19)13-16-21-8-12-28-16/h2,6-8,12H,3-5,9-11,13-15H2,1H3/t20-/m1/s1. The van der Waals surface area contributed by atoms with E-state index in [0.717, 1.165) is 64.5 Å². The zero-order chi connectivity index (χ0) is 19.2. The van der Waals surface area contributed by atoms with Gasteiger partial charge in [-0.05, 0) is 38.4 Å². The molecule has 3 aliphatic rings. The van der Waals surface area contributed by atoms with Gasteiger partial charge < -0.3 is 9.80 Å². The number of hydrogen-bond donors (Lipinski definition) is 0. The van der Waals surface area contributed by atoms with Gasteiger partial charge in [-0.15, -0.1) is 11.3 Å². The maximum absolute atomic E-state index is 13.4. The fraction of sp³-hybridized carbons (Fsp3) is 0.600. The van der Waals surface area contributed by atoms with Gasteiger partial charge in [-0.1, -0.05) is 0 Å². The molecule has 3 aliphatic heterocycles. The molecule has 0 aromatic carbocycles. The lowest BCUT2D eigenvalue weighted by molar-refractivity contribution is -0.141. The van der Waals surface area contributed by atoms with Gasteiger partial charge in [0.25, 0.3) is 0 Å². The summed E-state index contributed by atoms with van der Waals surface area (Å²) in [6.45, 7) is 5.42. The number of hydrogen-bond acceptors (Lipinski definition) is 7. The lowest BCUT2D eigenvalue weighted by Gasteiger charge is -2.46. The minimum absolute atomic E-state index is 0.00736. The van der Waals surface area contributed by atoms with Gasteiger partial charge in [0.15, 0.2) is 0 Å². The highest BCUT2D eigenvalue weighted by molar-refractivity contribution is 7.09. The van der Waals surface area contributed by atoms with Crippen molar-refractivity contribution in [2.45, 2.75) is 25.8 Å². The summed E-state index contributed by atoms with van der Waals surface area (Å²) in [5.74, 6) is 1.07. The number of thiazole rings is 1. The van der Waals surface area contributed by atoms with Crippen LogP contribution in [-0.4, -0.2) is 70.4 Å². The van der Waals surface area contributed by atoms with Crippen molar-refractivity contribution < 1.29 is 4.79 Å². The molecule has 5 rings (SSSR count). The lowest BCUT2D eigenvalue weighted by atomic mass is 9.60. The molecule has 0 N–H and O–H groups in total. The van der Waals surface area contributed by atoms with Crippen LogP contribution in [0.4, 0.5) is 5.95 Å². The number of anilines is 1. The van der Waals surface area contributed by atoms with E-state index >= 15 is 0 Å². The SMILES string of the molecule is CN1CC[C@@]2(CN(c3ncccn3)CC23CCN(Cc2nccs2)CC3)C1=O. The average molecular weight is 399 g/mol. The number of nitrogens with zero attached hydrogens (tertiary/aromatic N) is 6. The average Bonchev–Trinajstić information content (AvgIpc) is 3.42. The second-order valence-corrected chi connectivity index (χ2v) is 9.43. The Morgan fingerprint density at radius 2 is 1.82 bits per heavy atom. The Hall–Kier alpha value is -2.06. The van der Waals surface area contributed by atoms with Crippen molar-refractivity contribution in [1.82, 2.24) is 24.8 Å². The van der Waals surface area contributed by atoms with Gasteiger partial charge in [0.2, 0.25) is 11.9 Å². The van der Waals surface area contributed by atoms with Crippen LogP contribution >= 0.6 is 11.3 Å². The van der Waals surface area contributed by atoms with Crippen molar-refractivity contribution in [2.24, 2.45) is 10.8 Å². The summed E-state index contributed by atoms with van der Waals surface area (Å²) < 4.78 is 0. The summed E-state index contributed by atoms with van der Waals surface area (Å²) in [5.41, 5.74) is -0.290. The zero-order valence-electron chi connectivity index (χ0n) is 16.3. The number of carbonyl (C=O) groups excluding carboxylic acids is 1. The summed E-state index contributed by atoms with van der Waals surface area (Å²) in [6.07, 6.45) is 8.49. The predicted octanol–water partition coefficient (Wildman–Crippen LogP) is 1.88. The number of piperidine rings is 1. The third-order valence-electron chi connectivity index (χ3n) is 7.09. The van der Waals surface area contributed by atoms with Crippen LogP contribution in [0.15, 0.2) is 30.0 Å². The quantitative estimate of drug-likeness (QED) is 0.787. The molecule has 2 aromatic rings. The van der Waals surface area contributed by atoms with Crippen LogP contribution in [0.5, 0.6) is 0 Å². The fourth-order valence-electron chi connectivity index (χ4n) is 5.53. The molecule has 3 saturated heterocycles. The first-order valence-corrected chi connectivity index (χ1v) is 10.9. The monoisotopic (exact) mass is 398 g/mol. The van der Waals surface area contributed by atoms with Crippen LogP contribution in [0.3, 0.4) is 0 Å². The number of aromatic nitrogens is 3. The Morgan fingerprint density at radius 1 is 1.04 bits per heavy atom. The summed E-state index contributed by atoms with van der Waals surface area (Å²) in [7, 11) is 1.95. The fourth-order valence-corrected chi connectivity index (χ4v) is 6.19. The Bertz CT molecular complexity index is 836. The summed E-state index contributed by atoms with van der Waals surface area (Å²) >= 11 is 1.72. The first-order chi connectivity index (χ1) is 13.6. The van der Waals surface area contributed by atoms with E-state index in [1.54, 1.807) is 23.7 Å². The number of rotatable bonds is 3. The molecule has 7 nitrogen and oxygen atoms in total. The van der Waals surface area contributed by atoms with E-state index in [1.165, 1.54) is 5.01 Å². The van der Waals surface area contributed by atoms with Gasteiger partial charge >= 0.3 is 0 Å². The molecule has 8 heteroatoms. The number of carbonyl (C=O) groups is 1. The Balaban J connectivity index is 1.40. The topological polar surface area (TPSA) is 65.5 Å². The molecule has 1 amide bonds. The second kappa shape index (κ2) is 6.77. The smallest absolute Gasteiger partial charge is 0.231 e. The highest BCUT2D eigenvalue weighted by Crippen LogP contribution is 2.58. The van der Waals surface area contributed by atoms with Crippen molar-refractivity contribution in [3.63, 3.8) is 0 Å². The van der Waals surface area contributed by atoms with Crippen molar-refractivity contribution in [1.29, 1.82) is 0 Å². The molecule has 1 atom stereocenters. The molecule has 0 saturated carbocycles. The van der Waals surface area contributed by atoms with E-state index in [9.17, 15) is 4.79 Å². The van der Waals surface area contributed by atoms with Crippen molar-refractivity contribution in [2.75, 3.05) is 44.7 Å². The molecular formula is C20H26N6OS. The van der Waals surface area contributed by atoms with Crippen molar-refractivity contribution in [3.8, 4) is 0 Å². The van der Waals surface area contributed by atoms with Crippen molar-refractivity contribution >= 4 is 23.2 Å². The van der Waals surface area contributed by atoms with Gasteiger partial charge in [-0.2, -0.15) is 0 Å². The summed E-state index contributed by atoms with van der Waals surface area (Å²) in [6, 6.07) is 1.84. The minimum Gasteiger partial charge on any atom is -0.345 e. The maximum Gasteiger partial charge on any atom is 0.231 e. The van der Waals surface area contributed by atoms with Gasteiger partial charge in [0.1, 0.15) is 5.01 Å². The third-order valence-corrected chi connectivity index (χ3v) is 7.85. The van der Waals surface area contributed by atoms with E-state index in [0.29, 0.717) is 5.91 Å². The van der Waals surface area contributed by atoms with E-state index in [4.69, 9.17) is 0 Å². The van der Waals surface area contributed by atoms with E-state index < -0.39 is 0 Å². The van der Waals surface area contributed by atoms with Gasteiger partial charge in [0.05, 0.1) is 12.0 Å².